The van der Waals surface area contributed by atoms with Gasteiger partial charge in [-0.1, -0.05) is 0 Å². The van der Waals surface area contributed by atoms with Gasteiger partial charge in [0.25, 0.3) is 0 Å². The molecule has 13 heavy (non-hydrogen) atoms. The topological polar surface area (TPSA) is 63.4 Å². The van der Waals surface area contributed by atoms with Crippen molar-refractivity contribution in [1.29, 1.82) is 0 Å². The van der Waals surface area contributed by atoms with E-state index in [4.69, 9.17) is 5.73 Å². The molecule has 0 spiro atoms. The lowest BCUT2D eigenvalue weighted by atomic mass is 10.1. The molecule has 0 aromatic rings. The van der Waals surface area contributed by atoms with Crippen molar-refractivity contribution in [3.05, 3.63) is 0 Å². The van der Waals surface area contributed by atoms with E-state index in [-0.39, 0.29) is 11.3 Å². The van der Waals surface area contributed by atoms with E-state index in [0.29, 0.717) is 13.1 Å². The summed E-state index contributed by atoms with van der Waals surface area (Å²) in [6.45, 7) is 7.25. The van der Waals surface area contributed by atoms with E-state index in [0.717, 1.165) is 0 Å². The summed E-state index contributed by atoms with van der Waals surface area (Å²) in [4.78, 5) is 2.11. The standard InChI is InChI=1S/C8H18N2O2S/c1-8(2,3)10-4-5-13(11,12)7(9)6-10/h7H,4-6,9H2,1-3H3. The van der Waals surface area contributed by atoms with E-state index < -0.39 is 15.2 Å². The highest BCUT2D eigenvalue weighted by Gasteiger charge is 2.34. The molecule has 1 heterocycles. The fourth-order valence-corrected chi connectivity index (χ4v) is 2.60. The summed E-state index contributed by atoms with van der Waals surface area (Å²) in [5.41, 5.74) is 5.58. The lowest BCUT2D eigenvalue weighted by Crippen LogP contribution is -2.56. The largest absolute Gasteiger partial charge is 0.314 e. The number of hydrogen-bond donors (Lipinski definition) is 1. The van der Waals surface area contributed by atoms with E-state index >= 15 is 0 Å². The van der Waals surface area contributed by atoms with Gasteiger partial charge in [0.2, 0.25) is 0 Å². The molecule has 1 atom stereocenters. The zero-order valence-electron chi connectivity index (χ0n) is 8.45. The zero-order valence-corrected chi connectivity index (χ0v) is 9.26. The second-order valence-corrected chi connectivity index (χ2v) is 6.86. The first-order valence-corrected chi connectivity index (χ1v) is 6.17. The molecule has 0 aromatic carbocycles. The fourth-order valence-electron chi connectivity index (χ4n) is 1.42. The van der Waals surface area contributed by atoms with E-state index in [9.17, 15) is 8.42 Å². The molecule has 2 N–H and O–H groups in total. The predicted octanol–water partition coefficient (Wildman–Crippen LogP) is -0.200. The van der Waals surface area contributed by atoms with E-state index in [2.05, 4.69) is 25.7 Å². The van der Waals surface area contributed by atoms with Gasteiger partial charge in [0.05, 0.1) is 5.75 Å². The highest BCUT2D eigenvalue weighted by molar-refractivity contribution is 7.92. The van der Waals surface area contributed by atoms with Crippen LogP contribution in [0.4, 0.5) is 0 Å². The Morgan fingerprint density at radius 3 is 2.31 bits per heavy atom. The van der Waals surface area contributed by atoms with Crippen LogP contribution >= 0.6 is 0 Å². The van der Waals surface area contributed by atoms with Crippen LogP contribution in [0.25, 0.3) is 0 Å². The second kappa shape index (κ2) is 3.22. The van der Waals surface area contributed by atoms with Crippen LogP contribution in [-0.2, 0) is 9.84 Å². The van der Waals surface area contributed by atoms with Gasteiger partial charge in [-0.3, -0.25) is 4.90 Å². The molecule has 1 aliphatic heterocycles. The minimum absolute atomic E-state index is 0.00750. The van der Waals surface area contributed by atoms with Crippen molar-refractivity contribution in [2.45, 2.75) is 31.7 Å². The highest BCUT2D eigenvalue weighted by atomic mass is 32.2. The van der Waals surface area contributed by atoms with Crippen molar-refractivity contribution in [2.24, 2.45) is 5.73 Å². The third-order valence-corrected chi connectivity index (χ3v) is 4.28. The van der Waals surface area contributed by atoms with Crippen LogP contribution in [0.3, 0.4) is 0 Å². The van der Waals surface area contributed by atoms with Gasteiger partial charge in [0.1, 0.15) is 5.37 Å². The van der Waals surface area contributed by atoms with Crippen LogP contribution in [0.2, 0.25) is 0 Å². The minimum atomic E-state index is -3.02. The summed E-state index contributed by atoms with van der Waals surface area (Å²) in [5.74, 6) is 0.186. The van der Waals surface area contributed by atoms with Crippen LogP contribution in [0.15, 0.2) is 0 Å². The molecule has 0 aromatic heterocycles. The SMILES string of the molecule is CC(C)(C)N1CCS(=O)(=O)C(N)C1. The number of nitrogens with zero attached hydrogens (tertiary/aromatic N) is 1. The third kappa shape index (κ3) is 2.42. The number of nitrogens with two attached hydrogens (primary N) is 1. The Kier molecular flexibility index (Phi) is 2.71. The fraction of sp³-hybridized carbons (Fsp3) is 1.00. The number of sulfone groups is 1. The summed E-state index contributed by atoms with van der Waals surface area (Å²) >= 11 is 0. The van der Waals surface area contributed by atoms with Crippen molar-refractivity contribution in [3.63, 3.8) is 0 Å². The first-order chi connectivity index (χ1) is 5.73. The van der Waals surface area contributed by atoms with Crippen molar-refractivity contribution in [2.75, 3.05) is 18.8 Å². The van der Waals surface area contributed by atoms with Gasteiger partial charge in [-0.05, 0) is 20.8 Å². The highest BCUT2D eigenvalue weighted by Crippen LogP contribution is 2.18. The Hall–Kier alpha value is -0.130. The van der Waals surface area contributed by atoms with Crippen molar-refractivity contribution in [1.82, 2.24) is 4.90 Å². The van der Waals surface area contributed by atoms with Gasteiger partial charge < -0.3 is 5.73 Å². The molecule has 4 nitrogen and oxygen atoms in total. The summed E-state index contributed by atoms with van der Waals surface area (Å²) in [7, 11) is -3.02. The van der Waals surface area contributed by atoms with Crippen molar-refractivity contribution >= 4 is 9.84 Å². The Labute approximate surface area is 80.0 Å². The lowest BCUT2D eigenvalue weighted by Gasteiger charge is -2.40. The molecule has 0 saturated carbocycles. The third-order valence-electron chi connectivity index (χ3n) is 2.46. The van der Waals surface area contributed by atoms with Crippen LogP contribution in [0.5, 0.6) is 0 Å². The van der Waals surface area contributed by atoms with Gasteiger partial charge in [-0.15, -0.1) is 0 Å². The van der Waals surface area contributed by atoms with Gasteiger partial charge in [0, 0.05) is 18.6 Å². The first-order valence-electron chi connectivity index (χ1n) is 4.46. The molecule has 1 fully saturated rings. The monoisotopic (exact) mass is 206 g/mol. The van der Waals surface area contributed by atoms with Crippen LogP contribution < -0.4 is 5.73 Å². The molecule has 1 saturated heterocycles. The summed E-state index contributed by atoms with van der Waals surface area (Å²) in [5, 5.41) is -0.708. The molecule has 1 rings (SSSR count). The Morgan fingerprint density at radius 1 is 1.38 bits per heavy atom. The molecule has 1 unspecified atom stereocenters. The van der Waals surface area contributed by atoms with Crippen LogP contribution in [0, 0.1) is 0 Å². The van der Waals surface area contributed by atoms with Gasteiger partial charge in [0.15, 0.2) is 9.84 Å². The van der Waals surface area contributed by atoms with E-state index in [1.807, 2.05) is 0 Å². The molecular weight excluding hydrogens is 188 g/mol. The zero-order chi connectivity index (χ0) is 10.3. The lowest BCUT2D eigenvalue weighted by molar-refractivity contribution is 0.139. The van der Waals surface area contributed by atoms with Crippen LogP contribution in [-0.4, -0.2) is 43.1 Å². The van der Waals surface area contributed by atoms with Crippen LogP contribution in [0.1, 0.15) is 20.8 Å². The molecular formula is C8H18N2O2S. The second-order valence-electron chi connectivity index (χ2n) is 4.52. The summed E-state index contributed by atoms with van der Waals surface area (Å²) < 4.78 is 22.6. The maximum atomic E-state index is 11.3. The average Bonchev–Trinajstić information content (AvgIpc) is 1.92. The molecule has 5 heteroatoms. The summed E-state index contributed by atoms with van der Waals surface area (Å²) in [6.07, 6.45) is 0. The Balaban J connectivity index is 2.73. The van der Waals surface area contributed by atoms with E-state index in [1.54, 1.807) is 0 Å². The maximum absolute atomic E-state index is 11.3. The van der Waals surface area contributed by atoms with Gasteiger partial charge in [-0.2, -0.15) is 0 Å². The molecule has 0 amide bonds. The number of hydrogen-bond acceptors (Lipinski definition) is 4. The molecule has 0 aliphatic carbocycles. The minimum Gasteiger partial charge on any atom is -0.314 e. The quantitative estimate of drug-likeness (QED) is 0.596. The van der Waals surface area contributed by atoms with Gasteiger partial charge in [-0.25, -0.2) is 8.42 Å². The Bertz CT molecular complexity index is 279. The molecule has 78 valence electrons. The first kappa shape index (κ1) is 10.9. The molecule has 0 radical (unpaired) electrons. The maximum Gasteiger partial charge on any atom is 0.168 e. The van der Waals surface area contributed by atoms with Gasteiger partial charge >= 0.3 is 0 Å². The molecule has 1 aliphatic rings. The van der Waals surface area contributed by atoms with E-state index in [1.165, 1.54) is 0 Å². The molecule has 0 bridgehead atoms. The normalized spacial score (nSPS) is 30.3. The van der Waals surface area contributed by atoms with Crippen molar-refractivity contribution in [3.8, 4) is 0 Å². The predicted molar refractivity (Wildman–Crippen MR) is 53.1 cm³/mol. The average molecular weight is 206 g/mol. The smallest absolute Gasteiger partial charge is 0.168 e. The summed E-state index contributed by atoms with van der Waals surface area (Å²) in [6, 6.07) is 0. The Morgan fingerprint density at radius 2 is 1.92 bits per heavy atom. The van der Waals surface area contributed by atoms with Crippen molar-refractivity contribution < 1.29 is 8.42 Å². The number of rotatable bonds is 0.